The summed E-state index contributed by atoms with van der Waals surface area (Å²) >= 11 is 1.42. The third-order valence-corrected chi connectivity index (χ3v) is 2.51. The molecule has 0 aliphatic heterocycles. The van der Waals surface area contributed by atoms with E-state index in [2.05, 4.69) is 0 Å². The average Bonchev–Trinajstić information content (AvgIpc) is 2.47. The second-order valence-electron chi connectivity index (χ2n) is 2.33. The minimum absolute atomic E-state index is 0.315. The lowest BCUT2D eigenvalue weighted by Gasteiger charge is -1.82. The van der Waals surface area contributed by atoms with Crippen LogP contribution in [0.15, 0.2) is 29.8 Å². The van der Waals surface area contributed by atoms with Crippen molar-refractivity contribution in [2.45, 2.75) is 0 Å². The molecular formula is C8H6NO2S+. The molecule has 2 rings (SSSR count). The number of hydrogen-bond donors (Lipinski definition) is 1. The van der Waals surface area contributed by atoms with Crippen LogP contribution in [-0.4, -0.2) is 11.1 Å². The molecule has 0 aromatic carbocycles. The molecule has 12 heavy (non-hydrogen) atoms. The molecule has 0 radical (unpaired) electrons. The summed E-state index contributed by atoms with van der Waals surface area (Å²) in [6, 6.07) is 5.58. The quantitative estimate of drug-likeness (QED) is 0.669. The molecule has 2 aromatic rings. The number of carboxylic acid groups (broad SMARTS) is 1. The molecule has 4 heteroatoms. The molecule has 60 valence electrons. The maximum Gasteiger partial charge on any atom is 0.402 e. The lowest BCUT2D eigenvalue weighted by molar-refractivity contribution is -0.511. The van der Waals surface area contributed by atoms with Crippen LogP contribution < -0.4 is 4.40 Å². The number of aromatic carboxylic acids is 1. The number of thiazole rings is 1. The van der Waals surface area contributed by atoms with Gasteiger partial charge in [0.1, 0.15) is 0 Å². The molecule has 0 saturated heterocycles. The topological polar surface area (TPSA) is 41.4 Å². The average molecular weight is 180 g/mol. The Kier molecular flexibility index (Phi) is 1.55. The van der Waals surface area contributed by atoms with Gasteiger partial charge in [-0.25, -0.2) is 4.79 Å². The Bertz CT molecular complexity index is 435. The van der Waals surface area contributed by atoms with Crippen LogP contribution in [0.1, 0.15) is 10.5 Å². The van der Waals surface area contributed by atoms with Gasteiger partial charge in [0.25, 0.3) is 4.83 Å². The first-order valence-electron chi connectivity index (χ1n) is 3.40. The SMILES string of the molecule is O=C(O)c1csc2cccc[n+]12. The maximum absolute atomic E-state index is 10.7. The molecule has 2 aromatic heterocycles. The Morgan fingerprint density at radius 2 is 2.33 bits per heavy atom. The molecule has 0 saturated carbocycles. The standard InChI is InChI=1S/C8H5NO2S/c10-8(11)6-5-12-7-3-1-2-4-9(6)7/h1-5H/p+1. The van der Waals surface area contributed by atoms with Gasteiger partial charge in [-0.05, 0) is 6.07 Å². The van der Waals surface area contributed by atoms with E-state index in [-0.39, 0.29) is 0 Å². The first kappa shape index (κ1) is 7.24. The van der Waals surface area contributed by atoms with Crippen molar-refractivity contribution in [3.8, 4) is 0 Å². The highest BCUT2D eigenvalue weighted by Gasteiger charge is 2.18. The van der Waals surface area contributed by atoms with Gasteiger partial charge in [-0.3, -0.25) is 0 Å². The van der Waals surface area contributed by atoms with E-state index in [1.54, 1.807) is 16.0 Å². The van der Waals surface area contributed by atoms with E-state index in [0.29, 0.717) is 5.69 Å². The van der Waals surface area contributed by atoms with Crippen molar-refractivity contribution in [3.05, 3.63) is 35.5 Å². The van der Waals surface area contributed by atoms with Gasteiger partial charge in [0.05, 0.1) is 5.38 Å². The van der Waals surface area contributed by atoms with Crippen LogP contribution in [-0.2, 0) is 0 Å². The van der Waals surface area contributed by atoms with Gasteiger partial charge < -0.3 is 5.11 Å². The van der Waals surface area contributed by atoms with Crippen LogP contribution in [0.2, 0.25) is 0 Å². The molecule has 3 nitrogen and oxygen atoms in total. The first-order valence-corrected chi connectivity index (χ1v) is 4.28. The highest BCUT2D eigenvalue weighted by Crippen LogP contribution is 2.08. The van der Waals surface area contributed by atoms with Gasteiger partial charge in [-0.2, -0.15) is 0 Å². The summed E-state index contributed by atoms with van der Waals surface area (Å²) in [5, 5.41) is 10.4. The molecule has 0 atom stereocenters. The summed E-state index contributed by atoms with van der Waals surface area (Å²) in [5.41, 5.74) is 0.315. The molecule has 0 amide bonds. The number of fused-ring (bicyclic) bond motifs is 1. The molecule has 2 heterocycles. The molecule has 0 aliphatic carbocycles. The van der Waals surface area contributed by atoms with Crippen LogP contribution in [0, 0.1) is 0 Å². The van der Waals surface area contributed by atoms with E-state index in [9.17, 15) is 4.79 Å². The molecule has 0 bridgehead atoms. The summed E-state index contributed by atoms with van der Waals surface area (Å²) in [6.07, 6.45) is 1.75. The number of rotatable bonds is 1. The number of aromatic nitrogens is 1. The van der Waals surface area contributed by atoms with Crippen molar-refractivity contribution in [1.29, 1.82) is 0 Å². The Balaban J connectivity index is 2.79. The fourth-order valence-corrected chi connectivity index (χ4v) is 1.93. The Morgan fingerprint density at radius 3 is 3.08 bits per heavy atom. The van der Waals surface area contributed by atoms with Crippen molar-refractivity contribution in [1.82, 2.24) is 0 Å². The van der Waals surface area contributed by atoms with Gasteiger partial charge >= 0.3 is 11.7 Å². The van der Waals surface area contributed by atoms with E-state index in [0.717, 1.165) is 4.83 Å². The molecule has 0 aliphatic rings. The van der Waals surface area contributed by atoms with Gasteiger partial charge in [0.15, 0.2) is 6.20 Å². The highest BCUT2D eigenvalue weighted by atomic mass is 32.1. The Labute approximate surface area is 72.5 Å². The van der Waals surface area contributed by atoms with Crippen LogP contribution in [0.5, 0.6) is 0 Å². The van der Waals surface area contributed by atoms with E-state index in [1.165, 1.54) is 11.3 Å². The highest BCUT2D eigenvalue weighted by molar-refractivity contribution is 7.15. The second kappa shape index (κ2) is 2.57. The van der Waals surface area contributed by atoms with Gasteiger partial charge in [-0.1, -0.05) is 11.3 Å². The lowest BCUT2D eigenvalue weighted by atomic mass is 10.4. The first-order chi connectivity index (χ1) is 5.79. The zero-order valence-corrected chi connectivity index (χ0v) is 6.91. The van der Waals surface area contributed by atoms with Gasteiger partial charge in [0, 0.05) is 12.1 Å². The summed E-state index contributed by atoms with van der Waals surface area (Å²) in [4.78, 5) is 11.6. The number of pyridine rings is 1. The number of carbonyl (C=O) groups is 1. The fraction of sp³-hybridized carbons (Fsp3) is 0. The normalized spacial score (nSPS) is 10.3. The summed E-state index contributed by atoms with van der Waals surface area (Å²) in [6.45, 7) is 0. The van der Waals surface area contributed by atoms with Gasteiger partial charge in [0.2, 0.25) is 0 Å². The summed E-state index contributed by atoms with van der Waals surface area (Å²) in [5.74, 6) is -0.891. The predicted molar refractivity (Wildman–Crippen MR) is 44.4 cm³/mol. The number of hydrogen-bond acceptors (Lipinski definition) is 2. The predicted octanol–water partition coefficient (Wildman–Crippen LogP) is 1.18. The van der Waals surface area contributed by atoms with E-state index in [4.69, 9.17) is 5.11 Å². The van der Waals surface area contributed by atoms with Crippen molar-refractivity contribution >= 4 is 22.1 Å². The van der Waals surface area contributed by atoms with Crippen molar-refractivity contribution < 1.29 is 14.3 Å². The van der Waals surface area contributed by atoms with E-state index in [1.807, 2.05) is 18.2 Å². The van der Waals surface area contributed by atoms with Crippen LogP contribution in [0.3, 0.4) is 0 Å². The zero-order valence-electron chi connectivity index (χ0n) is 6.10. The Morgan fingerprint density at radius 1 is 1.50 bits per heavy atom. The monoisotopic (exact) mass is 180 g/mol. The summed E-state index contributed by atoms with van der Waals surface area (Å²) in [7, 11) is 0. The van der Waals surface area contributed by atoms with E-state index < -0.39 is 5.97 Å². The number of carboxylic acids is 1. The smallest absolute Gasteiger partial charge is 0.402 e. The minimum Gasteiger partial charge on any atom is -0.473 e. The fourth-order valence-electron chi connectivity index (χ4n) is 1.05. The van der Waals surface area contributed by atoms with Crippen LogP contribution >= 0.6 is 11.3 Å². The van der Waals surface area contributed by atoms with Crippen molar-refractivity contribution in [3.63, 3.8) is 0 Å². The third-order valence-electron chi connectivity index (χ3n) is 1.59. The van der Waals surface area contributed by atoms with E-state index >= 15 is 0 Å². The lowest BCUT2D eigenvalue weighted by Crippen LogP contribution is -2.26. The Hall–Kier alpha value is -1.42. The largest absolute Gasteiger partial charge is 0.473 e. The number of nitrogens with zero attached hydrogens (tertiary/aromatic N) is 1. The summed E-state index contributed by atoms with van der Waals surface area (Å²) < 4.78 is 1.66. The molecule has 0 spiro atoms. The maximum atomic E-state index is 10.7. The molecule has 0 unspecified atom stereocenters. The van der Waals surface area contributed by atoms with Crippen molar-refractivity contribution in [2.24, 2.45) is 0 Å². The molecule has 1 N–H and O–H groups in total. The van der Waals surface area contributed by atoms with Gasteiger partial charge in [-0.15, -0.1) is 4.40 Å². The third kappa shape index (κ3) is 0.967. The zero-order chi connectivity index (χ0) is 8.55. The van der Waals surface area contributed by atoms with Crippen LogP contribution in [0.25, 0.3) is 4.83 Å². The van der Waals surface area contributed by atoms with Crippen LogP contribution in [0.4, 0.5) is 0 Å². The molecule has 0 fully saturated rings. The minimum atomic E-state index is -0.891. The molecular weight excluding hydrogens is 174 g/mol. The second-order valence-corrected chi connectivity index (χ2v) is 3.22. The van der Waals surface area contributed by atoms with Crippen molar-refractivity contribution in [2.75, 3.05) is 0 Å².